The molecule has 3 N–H and O–H groups in total. The van der Waals surface area contributed by atoms with E-state index in [1.165, 1.54) is 141 Å². The van der Waals surface area contributed by atoms with E-state index in [0.717, 1.165) is 45.2 Å². The first-order valence-electron chi connectivity index (χ1n) is 24.4. The number of carbonyl (C=O) groups is 3. The van der Waals surface area contributed by atoms with E-state index in [1.54, 1.807) is 0 Å². The first kappa shape index (κ1) is 54.3. The minimum atomic E-state index is 0.0941. The molecule has 8 heteroatoms. The van der Waals surface area contributed by atoms with E-state index in [1.807, 2.05) is 0 Å². The van der Waals surface area contributed by atoms with Crippen molar-refractivity contribution in [1.29, 1.82) is 0 Å². The predicted octanol–water partition coefficient (Wildman–Crippen LogP) is 11.5. The number of hydrogen-bond donors (Lipinski definition) is 3. The van der Waals surface area contributed by atoms with E-state index in [2.05, 4.69) is 74.3 Å². The molecule has 332 valence electrons. The monoisotopic (exact) mass is 792 g/mol. The summed E-state index contributed by atoms with van der Waals surface area (Å²) in [6.45, 7) is 16.6. The van der Waals surface area contributed by atoms with Gasteiger partial charge in [0.1, 0.15) is 0 Å². The molecule has 0 heterocycles. The predicted molar refractivity (Wildman–Crippen MR) is 242 cm³/mol. The maximum atomic E-state index is 13.0. The zero-order valence-corrected chi connectivity index (χ0v) is 38.6. The Labute approximate surface area is 349 Å². The highest BCUT2D eigenvalue weighted by Gasteiger charge is 2.15. The molecule has 3 atom stereocenters. The fraction of sp³-hybridized carbons (Fsp3) is 0.938. The number of nitrogens with one attached hydrogen (secondary N) is 3. The van der Waals surface area contributed by atoms with Crippen LogP contribution in [0.25, 0.3) is 0 Å². The van der Waals surface area contributed by atoms with Crippen molar-refractivity contribution in [2.75, 3.05) is 39.8 Å². The normalized spacial score (nSPS) is 13.2. The van der Waals surface area contributed by atoms with Gasteiger partial charge < -0.3 is 25.8 Å². The molecule has 8 nitrogen and oxygen atoms in total. The summed E-state index contributed by atoms with van der Waals surface area (Å²) in [6, 6.07) is 0.584. The number of hydrogen-bond acceptors (Lipinski definition) is 5. The van der Waals surface area contributed by atoms with Crippen molar-refractivity contribution in [1.82, 2.24) is 25.8 Å². The second kappa shape index (κ2) is 40.1. The van der Waals surface area contributed by atoms with Gasteiger partial charge in [-0.05, 0) is 47.1 Å². The summed E-state index contributed by atoms with van der Waals surface area (Å²) in [5.41, 5.74) is 0. The van der Waals surface area contributed by atoms with Gasteiger partial charge in [0.15, 0.2) is 0 Å². The van der Waals surface area contributed by atoms with Crippen LogP contribution in [0.1, 0.15) is 234 Å². The molecule has 0 fully saturated rings. The molecule has 56 heavy (non-hydrogen) atoms. The standard InChI is InChI=1S/C48H97N5O3/c1-8-11-14-17-20-23-26-29-32-43(4)49-46(54)35-38-52(7)41-42-53(39-36-47(55)50-44(5)33-30-27-24-21-18-15-12-9-2)40-37-48(56)51-45(6)34-31-28-25-22-19-16-13-10-3/h43-45H,8-42H2,1-7H3,(H,49,54)(H,50,55)(H,51,56). The van der Waals surface area contributed by atoms with Crippen LogP contribution in [0.4, 0.5) is 0 Å². The summed E-state index contributed by atoms with van der Waals surface area (Å²) in [7, 11) is 2.06. The Hall–Kier alpha value is -1.67. The third-order valence-electron chi connectivity index (χ3n) is 11.5. The number of likely N-dealkylation sites (N-methyl/N-ethyl adjacent to an activating group) is 1. The topological polar surface area (TPSA) is 93.8 Å². The molecule has 0 aliphatic rings. The highest BCUT2D eigenvalue weighted by Crippen LogP contribution is 2.13. The van der Waals surface area contributed by atoms with Gasteiger partial charge in [-0.1, -0.05) is 175 Å². The Morgan fingerprint density at radius 2 is 0.643 bits per heavy atom. The van der Waals surface area contributed by atoms with Crippen molar-refractivity contribution in [3.05, 3.63) is 0 Å². The van der Waals surface area contributed by atoms with Gasteiger partial charge in [0, 0.05) is 70.1 Å². The fourth-order valence-electron chi connectivity index (χ4n) is 7.58. The van der Waals surface area contributed by atoms with Crippen LogP contribution in [0.5, 0.6) is 0 Å². The minimum Gasteiger partial charge on any atom is -0.354 e. The van der Waals surface area contributed by atoms with E-state index < -0.39 is 0 Å². The van der Waals surface area contributed by atoms with Crippen molar-refractivity contribution in [2.24, 2.45) is 0 Å². The summed E-state index contributed by atoms with van der Waals surface area (Å²) in [5.74, 6) is 0.310. The lowest BCUT2D eigenvalue weighted by Gasteiger charge is -2.26. The lowest BCUT2D eigenvalue weighted by Crippen LogP contribution is -2.41. The quantitative estimate of drug-likeness (QED) is 0.0535. The molecule has 0 radical (unpaired) electrons. The third kappa shape index (κ3) is 37.9. The molecular formula is C48H97N5O3. The summed E-state index contributed by atoms with van der Waals surface area (Å²) in [5, 5.41) is 9.66. The second-order valence-electron chi connectivity index (χ2n) is 17.6. The molecule has 0 aromatic carbocycles. The molecule has 0 saturated carbocycles. The Kier molecular flexibility index (Phi) is 38.9. The molecule has 3 amide bonds. The van der Waals surface area contributed by atoms with Crippen LogP contribution in [0.15, 0.2) is 0 Å². The van der Waals surface area contributed by atoms with Gasteiger partial charge in [-0.15, -0.1) is 0 Å². The fourth-order valence-corrected chi connectivity index (χ4v) is 7.58. The highest BCUT2D eigenvalue weighted by atomic mass is 16.2. The zero-order chi connectivity index (χ0) is 41.5. The summed E-state index contributed by atoms with van der Waals surface area (Å²) in [6.07, 6.45) is 35.6. The third-order valence-corrected chi connectivity index (χ3v) is 11.5. The number of amides is 3. The van der Waals surface area contributed by atoms with Crippen LogP contribution in [-0.2, 0) is 14.4 Å². The van der Waals surface area contributed by atoms with E-state index >= 15 is 0 Å². The molecule has 0 aliphatic heterocycles. The van der Waals surface area contributed by atoms with Crippen molar-refractivity contribution >= 4 is 17.7 Å². The van der Waals surface area contributed by atoms with Crippen molar-refractivity contribution < 1.29 is 14.4 Å². The minimum absolute atomic E-state index is 0.0941. The SMILES string of the molecule is CCCCCCCCCCC(C)NC(=O)CCN(C)CCN(CCC(=O)NC(C)CCCCCCCCCC)CCC(=O)NC(C)CCCCCCCCCC. The number of rotatable bonds is 42. The van der Waals surface area contributed by atoms with Gasteiger partial charge in [0.2, 0.25) is 17.7 Å². The van der Waals surface area contributed by atoms with Crippen LogP contribution >= 0.6 is 0 Å². The van der Waals surface area contributed by atoms with Gasteiger partial charge in [0.25, 0.3) is 0 Å². The van der Waals surface area contributed by atoms with Crippen LogP contribution in [0, 0.1) is 0 Å². The lowest BCUT2D eigenvalue weighted by atomic mass is 10.1. The highest BCUT2D eigenvalue weighted by molar-refractivity contribution is 5.77. The largest absolute Gasteiger partial charge is 0.354 e. The Balaban J connectivity index is 4.69. The molecule has 0 spiro atoms. The molecule has 0 rings (SSSR count). The van der Waals surface area contributed by atoms with Crippen LogP contribution in [0.2, 0.25) is 0 Å². The van der Waals surface area contributed by atoms with Crippen molar-refractivity contribution in [2.45, 2.75) is 252 Å². The van der Waals surface area contributed by atoms with Gasteiger partial charge >= 0.3 is 0 Å². The first-order chi connectivity index (χ1) is 27.1. The molecule has 0 bridgehead atoms. The smallest absolute Gasteiger partial charge is 0.221 e. The summed E-state index contributed by atoms with van der Waals surface area (Å²) in [4.78, 5) is 43.1. The first-order valence-corrected chi connectivity index (χ1v) is 24.4. The number of carbonyl (C=O) groups excluding carboxylic acids is 3. The lowest BCUT2D eigenvalue weighted by molar-refractivity contribution is -0.123. The average molecular weight is 792 g/mol. The molecule has 3 unspecified atom stereocenters. The Bertz CT molecular complexity index is 858. The summed E-state index contributed by atoms with van der Waals surface area (Å²) < 4.78 is 0. The molecular weight excluding hydrogens is 695 g/mol. The zero-order valence-electron chi connectivity index (χ0n) is 38.6. The van der Waals surface area contributed by atoms with Gasteiger partial charge in [-0.2, -0.15) is 0 Å². The van der Waals surface area contributed by atoms with Crippen molar-refractivity contribution in [3.8, 4) is 0 Å². The van der Waals surface area contributed by atoms with Gasteiger partial charge in [-0.3, -0.25) is 14.4 Å². The maximum Gasteiger partial charge on any atom is 0.221 e. The summed E-state index contributed by atoms with van der Waals surface area (Å²) >= 11 is 0. The number of unbranched alkanes of at least 4 members (excludes halogenated alkanes) is 21. The van der Waals surface area contributed by atoms with Crippen LogP contribution in [-0.4, -0.2) is 85.4 Å². The van der Waals surface area contributed by atoms with E-state index in [-0.39, 0.29) is 35.8 Å². The Morgan fingerprint density at radius 3 is 0.946 bits per heavy atom. The van der Waals surface area contributed by atoms with Gasteiger partial charge in [-0.25, -0.2) is 0 Å². The second-order valence-corrected chi connectivity index (χ2v) is 17.6. The average Bonchev–Trinajstić information content (AvgIpc) is 3.16. The number of nitrogens with zero attached hydrogens (tertiary/aromatic N) is 2. The van der Waals surface area contributed by atoms with Crippen LogP contribution < -0.4 is 16.0 Å². The maximum absolute atomic E-state index is 13.0. The van der Waals surface area contributed by atoms with Crippen molar-refractivity contribution in [3.63, 3.8) is 0 Å². The van der Waals surface area contributed by atoms with E-state index in [4.69, 9.17) is 0 Å². The molecule has 0 saturated heterocycles. The Morgan fingerprint density at radius 1 is 0.375 bits per heavy atom. The molecule has 0 aromatic heterocycles. The molecule has 0 aromatic rings. The van der Waals surface area contributed by atoms with Crippen LogP contribution in [0.3, 0.4) is 0 Å². The van der Waals surface area contributed by atoms with E-state index in [9.17, 15) is 14.4 Å². The van der Waals surface area contributed by atoms with E-state index in [0.29, 0.717) is 38.9 Å². The van der Waals surface area contributed by atoms with Gasteiger partial charge in [0.05, 0.1) is 0 Å². The molecule has 0 aliphatic carbocycles.